The van der Waals surface area contributed by atoms with Crippen molar-refractivity contribution in [2.45, 2.75) is 58.7 Å². The van der Waals surface area contributed by atoms with Crippen LogP contribution in [0.15, 0.2) is 46.6 Å². The summed E-state index contributed by atoms with van der Waals surface area (Å²) in [4.78, 5) is 0. The van der Waals surface area contributed by atoms with Gasteiger partial charge >= 0.3 is 131 Å². The van der Waals surface area contributed by atoms with Crippen molar-refractivity contribution < 1.29 is 45.8 Å². The summed E-state index contributed by atoms with van der Waals surface area (Å²) in [5.74, 6) is 0. The van der Waals surface area contributed by atoms with E-state index in [2.05, 4.69) is 24.3 Å². The molecule has 2 unspecified atom stereocenters. The van der Waals surface area contributed by atoms with Crippen LogP contribution in [0.5, 0.6) is 0 Å². The van der Waals surface area contributed by atoms with Gasteiger partial charge in [-0.1, -0.05) is 0 Å². The van der Waals surface area contributed by atoms with Crippen molar-refractivity contribution in [3.05, 3.63) is 46.6 Å². The molecule has 4 aliphatic carbocycles. The molecular weight excluding hydrogens is 478 g/mol. The zero-order chi connectivity index (χ0) is 13.5. The number of rotatable bonds is 2. The van der Waals surface area contributed by atoms with E-state index in [4.69, 9.17) is 4.26 Å². The third-order valence-electron chi connectivity index (χ3n) is 5.64. The van der Waals surface area contributed by atoms with E-state index in [1.165, 1.54) is 51.4 Å². The van der Waals surface area contributed by atoms with E-state index >= 15 is 0 Å². The molecule has 0 saturated heterocycles. The minimum Gasteiger partial charge on any atom is -1.00 e. The van der Waals surface area contributed by atoms with E-state index in [1.807, 2.05) is 11.1 Å². The van der Waals surface area contributed by atoms with Gasteiger partial charge in [-0.05, 0) is 0 Å². The molecule has 0 aromatic rings. The van der Waals surface area contributed by atoms with E-state index in [0.717, 1.165) is 7.35 Å². The second-order valence-corrected chi connectivity index (χ2v) is 15.4. The normalized spacial score (nSPS) is 28.5. The number of allylic oxidation sites excluding steroid dienone is 8. The Morgan fingerprint density at radius 3 is 1.59 bits per heavy atom. The van der Waals surface area contributed by atoms with Crippen LogP contribution in [0.1, 0.15) is 51.4 Å². The fourth-order valence-electron chi connectivity index (χ4n) is 4.54. The van der Waals surface area contributed by atoms with Gasteiger partial charge in [0.15, 0.2) is 0 Å². The van der Waals surface area contributed by atoms with Gasteiger partial charge in [-0.15, -0.1) is 0 Å². The summed E-state index contributed by atoms with van der Waals surface area (Å²) in [6.45, 7) is 0. The molecule has 0 bridgehead atoms. The maximum atomic E-state index is 4.83. The standard InChI is InChI=1S/2C9H11.CH2.2ClH.Hf/c2*1-2-5-9-7-3-6-8(9)4-1;;;;/h2*3,6-7H,1-2,4-5H2;1H2;2*1H;/q;;;;;+2/p-2. The largest absolute Gasteiger partial charge is 1.00 e. The molecule has 0 saturated carbocycles. The predicted molar refractivity (Wildman–Crippen MR) is 83.9 cm³/mol. The van der Waals surface area contributed by atoms with Crippen LogP contribution in [0.4, 0.5) is 0 Å². The van der Waals surface area contributed by atoms with Crippen LogP contribution < -0.4 is 24.8 Å². The second kappa shape index (κ2) is 7.90. The summed E-state index contributed by atoms with van der Waals surface area (Å²) in [6.07, 6.45) is 21.1. The van der Waals surface area contributed by atoms with Gasteiger partial charge in [0.2, 0.25) is 0 Å². The molecule has 0 aliphatic heterocycles. The van der Waals surface area contributed by atoms with Crippen LogP contribution in [0, 0.1) is 0 Å². The Labute approximate surface area is 154 Å². The first-order valence-electron chi connectivity index (χ1n) is 8.33. The Morgan fingerprint density at radius 2 is 1.14 bits per heavy atom. The Kier molecular flexibility index (Phi) is 6.69. The van der Waals surface area contributed by atoms with Crippen molar-refractivity contribution >= 4 is 4.26 Å². The number of hydrogen-bond donors (Lipinski definition) is 0. The van der Waals surface area contributed by atoms with Crippen molar-refractivity contribution in [1.82, 2.24) is 0 Å². The van der Waals surface area contributed by atoms with E-state index < -0.39 is 21.0 Å². The molecule has 0 spiro atoms. The minimum absolute atomic E-state index is 0. The number of halogens is 2. The maximum absolute atomic E-state index is 4.83. The minimum atomic E-state index is -1.86. The predicted octanol–water partition coefficient (Wildman–Crippen LogP) is -0.498. The Bertz CT molecular complexity index is 530. The van der Waals surface area contributed by atoms with Crippen LogP contribution in [-0.4, -0.2) is 4.26 Å². The van der Waals surface area contributed by atoms with E-state index in [-0.39, 0.29) is 24.8 Å². The summed E-state index contributed by atoms with van der Waals surface area (Å²) in [6, 6.07) is 0. The molecule has 0 radical (unpaired) electrons. The average molecular weight is 502 g/mol. The molecule has 4 aliphatic rings. The van der Waals surface area contributed by atoms with Gasteiger partial charge in [0.1, 0.15) is 0 Å². The van der Waals surface area contributed by atoms with Crippen LogP contribution in [0.25, 0.3) is 0 Å². The first-order chi connectivity index (χ1) is 9.84. The number of hydrogen-bond acceptors (Lipinski definition) is 0. The summed E-state index contributed by atoms with van der Waals surface area (Å²) in [5, 5.41) is 0. The fraction of sp³-hybridized carbons (Fsp3) is 0.526. The molecule has 3 heteroatoms. The molecule has 0 amide bonds. The summed E-state index contributed by atoms with van der Waals surface area (Å²) >= 11 is -1.86. The molecule has 118 valence electrons. The molecule has 0 heterocycles. The van der Waals surface area contributed by atoms with E-state index in [9.17, 15) is 0 Å². The molecule has 0 aromatic heterocycles. The molecule has 4 rings (SSSR count). The van der Waals surface area contributed by atoms with Gasteiger partial charge in [0, 0.05) is 0 Å². The molecule has 0 fully saturated rings. The molecule has 0 aromatic carbocycles. The zero-order valence-corrected chi connectivity index (χ0v) is 18.2. The molecule has 0 N–H and O–H groups in total. The van der Waals surface area contributed by atoms with Gasteiger partial charge in [-0.2, -0.15) is 0 Å². The van der Waals surface area contributed by atoms with Crippen LogP contribution in [0.3, 0.4) is 0 Å². The van der Waals surface area contributed by atoms with E-state index in [1.54, 1.807) is 11.1 Å². The van der Waals surface area contributed by atoms with Crippen molar-refractivity contribution in [3.8, 4) is 0 Å². The van der Waals surface area contributed by atoms with Crippen molar-refractivity contribution in [3.63, 3.8) is 0 Å². The van der Waals surface area contributed by atoms with Crippen LogP contribution in [0.2, 0.25) is 7.35 Å². The van der Waals surface area contributed by atoms with Gasteiger partial charge in [-0.3, -0.25) is 0 Å². The van der Waals surface area contributed by atoms with E-state index in [0.29, 0.717) is 0 Å². The van der Waals surface area contributed by atoms with Gasteiger partial charge in [0.25, 0.3) is 0 Å². The Balaban J connectivity index is 0.000000882. The van der Waals surface area contributed by atoms with Crippen molar-refractivity contribution in [2.24, 2.45) is 0 Å². The smallest absolute Gasteiger partial charge is 1.00 e. The zero-order valence-electron chi connectivity index (χ0n) is 13.1. The molecule has 2 atom stereocenters. The first-order valence-corrected chi connectivity index (χ1v) is 15.0. The summed E-state index contributed by atoms with van der Waals surface area (Å²) < 4.78 is 6.49. The van der Waals surface area contributed by atoms with Gasteiger partial charge in [-0.25, -0.2) is 0 Å². The Hall–Kier alpha value is 0.280. The van der Waals surface area contributed by atoms with Crippen LogP contribution >= 0.6 is 0 Å². The third kappa shape index (κ3) is 3.23. The molecule has 22 heavy (non-hydrogen) atoms. The average Bonchev–Trinajstić information content (AvgIpc) is 3.11. The Morgan fingerprint density at radius 1 is 0.727 bits per heavy atom. The monoisotopic (exact) mass is 502 g/mol. The van der Waals surface area contributed by atoms with Crippen molar-refractivity contribution in [1.29, 1.82) is 0 Å². The molecule has 0 nitrogen and oxygen atoms in total. The topological polar surface area (TPSA) is 0 Å². The van der Waals surface area contributed by atoms with Crippen molar-refractivity contribution in [2.75, 3.05) is 0 Å². The van der Waals surface area contributed by atoms with Gasteiger partial charge in [0.05, 0.1) is 0 Å². The maximum Gasteiger partial charge on any atom is -1.00 e. The summed E-state index contributed by atoms with van der Waals surface area (Å²) in [7, 11) is 0. The summed E-state index contributed by atoms with van der Waals surface area (Å²) in [5.41, 5.74) is 7.05. The quantitative estimate of drug-likeness (QED) is 0.448. The molecular formula is C19H24Cl2Hf. The fourth-order valence-corrected chi connectivity index (χ4v) is 14.0. The van der Waals surface area contributed by atoms with Gasteiger partial charge < -0.3 is 24.8 Å². The first kappa shape index (κ1) is 18.6. The second-order valence-electron chi connectivity index (χ2n) is 6.76. The van der Waals surface area contributed by atoms with Crippen LogP contribution in [-0.2, 0) is 21.0 Å². The third-order valence-corrected chi connectivity index (χ3v) is 15.3. The SMILES string of the molecule is [CH2]=[Hf+2]([CH]1C=CC2=C1CCCC2)[CH]1C=CC2=C1CCCC2.[Cl-].[Cl-].